The third kappa shape index (κ3) is 5.43. The quantitative estimate of drug-likeness (QED) is 0.170. The van der Waals surface area contributed by atoms with E-state index < -0.39 is 0 Å². The van der Waals surface area contributed by atoms with Gasteiger partial charge < -0.3 is 8.98 Å². The fourth-order valence-corrected chi connectivity index (χ4v) is 12.1. The second kappa shape index (κ2) is 14.1. The van der Waals surface area contributed by atoms with Crippen molar-refractivity contribution in [2.45, 2.75) is 19.4 Å². The molecule has 0 aliphatic carbocycles. The predicted octanol–water partition coefficient (Wildman–Crippen LogP) is 16.5. The third-order valence-electron chi connectivity index (χ3n) is 14.0. The van der Waals surface area contributed by atoms with Gasteiger partial charge in [0.25, 0.3) is 0 Å². The SMILES string of the molecule is CCC1C(c2cccc3sc4ccccc4c23)=NC(c2cccc3ccccc23)=NC1c1cc(-n2c3ccccc3c3cc4ccccc4cc32)c2oc3c4ccccc4ccc3c2c1. The Morgan fingerprint density at radius 1 is 0.492 bits per heavy atom. The number of aromatic nitrogens is 1. The normalized spacial score (nSPS) is 15.7. The topological polar surface area (TPSA) is 42.8 Å². The van der Waals surface area contributed by atoms with Crippen LogP contribution in [0.2, 0.25) is 0 Å². The lowest BCUT2D eigenvalue weighted by molar-refractivity contribution is 0.533. The van der Waals surface area contributed by atoms with Gasteiger partial charge >= 0.3 is 0 Å². The van der Waals surface area contributed by atoms with Gasteiger partial charge in [-0.05, 0) is 87.4 Å². The highest BCUT2D eigenvalue weighted by Gasteiger charge is 2.35. The molecule has 3 aromatic heterocycles. The van der Waals surface area contributed by atoms with Gasteiger partial charge in [0, 0.05) is 64.1 Å². The van der Waals surface area contributed by atoms with Crippen LogP contribution in [-0.2, 0) is 0 Å². The molecule has 2 atom stereocenters. The molecule has 2 unspecified atom stereocenters. The van der Waals surface area contributed by atoms with E-state index >= 15 is 0 Å². The highest BCUT2D eigenvalue weighted by Crippen LogP contribution is 2.46. The van der Waals surface area contributed by atoms with Crippen molar-refractivity contribution in [3.8, 4) is 5.69 Å². The molecule has 0 radical (unpaired) electrons. The van der Waals surface area contributed by atoms with Gasteiger partial charge in [-0.15, -0.1) is 11.3 Å². The molecule has 0 amide bonds. The van der Waals surface area contributed by atoms with Crippen molar-refractivity contribution in [2.24, 2.45) is 15.9 Å². The summed E-state index contributed by atoms with van der Waals surface area (Å²) >= 11 is 1.85. The number of rotatable bonds is 5. The van der Waals surface area contributed by atoms with E-state index in [0.29, 0.717) is 0 Å². The van der Waals surface area contributed by atoms with Gasteiger partial charge in [-0.3, -0.25) is 4.99 Å². The summed E-state index contributed by atoms with van der Waals surface area (Å²) in [5.41, 5.74) is 9.48. The number of hydrogen-bond donors (Lipinski definition) is 0. The maximum Gasteiger partial charge on any atom is 0.159 e. The zero-order valence-electron chi connectivity index (χ0n) is 35.5. The summed E-state index contributed by atoms with van der Waals surface area (Å²) < 4.78 is 12.2. The van der Waals surface area contributed by atoms with E-state index in [1.54, 1.807) is 0 Å². The van der Waals surface area contributed by atoms with Crippen molar-refractivity contribution in [1.82, 2.24) is 4.57 Å². The van der Waals surface area contributed by atoms with Crippen molar-refractivity contribution in [3.63, 3.8) is 0 Å². The van der Waals surface area contributed by atoms with Crippen LogP contribution >= 0.6 is 11.3 Å². The molecule has 0 bridgehead atoms. The van der Waals surface area contributed by atoms with E-state index in [-0.39, 0.29) is 12.0 Å². The average Bonchev–Trinajstić information content (AvgIpc) is 4.04. The van der Waals surface area contributed by atoms with Crippen molar-refractivity contribution in [1.29, 1.82) is 0 Å². The largest absolute Gasteiger partial charge is 0.453 e. The van der Waals surface area contributed by atoms with E-state index in [1.165, 1.54) is 52.7 Å². The zero-order valence-corrected chi connectivity index (χ0v) is 36.3. The van der Waals surface area contributed by atoms with Gasteiger partial charge in [0.1, 0.15) is 5.58 Å². The summed E-state index contributed by atoms with van der Waals surface area (Å²) in [7, 11) is 0. The molecule has 4 nitrogen and oxygen atoms in total. The predicted molar refractivity (Wildman–Crippen MR) is 276 cm³/mol. The number of aliphatic imine (C=N–C) groups is 2. The summed E-state index contributed by atoms with van der Waals surface area (Å²) in [6.45, 7) is 2.30. The minimum atomic E-state index is -0.260. The molecule has 10 aromatic carbocycles. The number of furan rings is 1. The van der Waals surface area contributed by atoms with Gasteiger partial charge in [0.05, 0.1) is 28.5 Å². The Hall–Kier alpha value is -7.86. The standard InChI is InChI=1S/C60H39N3OS/c1-2-40-56(61-60(45-24-13-19-35-15-5-7-20-41(35)45)62-57(40)47-25-14-28-54-55(47)46-23-10-12-27-53(46)65-54)39-32-49-44-30-29-36-16-6-8-21-42(36)58(44)64-59(49)52(34-39)63-50-26-11-9-22-43(50)48-31-37-17-3-4-18-38(37)33-51(48)63/h3-34,40,56H,2H2,1H3. The lowest BCUT2D eigenvalue weighted by Gasteiger charge is -2.31. The first-order valence-corrected chi connectivity index (χ1v) is 23.4. The van der Waals surface area contributed by atoms with Crippen LogP contribution in [0.4, 0.5) is 0 Å². The van der Waals surface area contributed by atoms with Crippen LogP contribution in [0.3, 0.4) is 0 Å². The van der Waals surface area contributed by atoms with Crippen LogP contribution in [0.5, 0.6) is 0 Å². The molecule has 0 spiro atoms. The fraction of sp³-hybridized carbons (Fsp3) is 0.0667. The zero-order chi connectivity index (χ0) is 42.8. The molecule has 0 saturated carbocycles. The van der Waals surface area contributed by atoms with Crippen molar-refractivity contribution in [2.75, 3.05) is 0 Å². The van der Waals surface area contributed by atoms with Gasteiger partial charge in [-0.25, -0.2) is 4.99 Å². The van der Waals surface area contributed by atoms with Gasteiger partial charge in [-0.2, -0.15) is 0 Å². The molecule has 4 heterocycles. The van der Waals surface area contributed by atoms with Crippen molar-refractivity contribution < 1.29 is 4.42 Å². The first-order chi connectivity index (χ1) is 32.2. The minimum absolute atomic E-state index is 0.0237. The van der Waals surface area contributed by atoms with Gasteiger partial charge in [0.2, 0.25) is 0 Å². The minimum Gasteiger partial charge on any atom is -0.453 e. The van der Waals surface area contributed by atoms with Crippen molar-refractivity contribution in [3.05, 3.63) is 211 Å². The van der Waals surface area contributed by atoms with Crippen LogP contribution in [-0.4, -0.2) is 16.1 Å². The van der Waals surface area contributed by atoms with Crippen LogP contribution in [0, 0.1) is 5.92 Å². The Kier molecular flexibility index (Phi) is 7.92. The molecule has 0 fully saturated rings. The number of benzene rings is 10. The molecule has 1 aliphatic rings. The first kappa shape index (κ1) is 36.6. The Balaban J connectivity index is 1.10. The van der Waals surface area contributed by atoms with Crippen LogP contribution in [0.25, 0.3) is 102 Å². The Morgan fingerprint density at radius 3 is 2.00 bits per heavy atom. The molecule has 13 aromatic rings. The molecule has 1 aliphatic heterocycles. The van der Waals surface area contributed by atoms with E-state index in [0.717, 1.165) is 83.9 Å². The fourth-order valence-electron chi connectivity index (χ4n) is 11.0. The van der Waals surface area contributed by atoms with Crippen LogP contribution in [0.1, 0.15) is 36.1 Å². The molecule has 65 heavy (non-hydrogen) atoms. The number of amidine groups is 1. The number of fused-ring (bicyclic) bond motifs is 13. The second-order valence-electron chi connectivity index (χ2n) is 17.5. The van der Waals surface area contributed by atoms with E-state index in [9.17, 15) is 0 Å². The maximum atomic E-state index is 7.23. The molecule has 0 saturated heterocycles. The monoisotopic (exact) mass is 849 g/mol. The summed E-state index contributed by atoms with van der Waals surface area (Å²) in [6, 6.07) is 70.4. The lowest BCUT2D eigenvalue weighted by Crippen LogP contribution is -2.28. The molecular formula is C60H39N3OS. The summed E-state index contributed by atoms with van der Waals surface area (Å²) in [6.07, 6.45) is 0.847. The van der Waals surface area contributed by atoms with Gasteiger partial charge in [0.15, 0.2) is 11.4 Å². The first-order valence-electron chi connectivity index (χ1n) is 22.5. The molecule has 5 heteroatoms. The van der Waals surface area contributed by atoms with E-state index in [4.69, 9.17) is 14.4 Å². The summed E-state index contributed by atoms with van der Waals surface area (Å²) in [4.78, 5) is 11.5. The highest BCUT2D eigenvalue weighted by atomic mass is 32.1. The lowest BCUT2D eigenvalue weighted by atomic mass is 9.81. The molecule has 0 N–H and O–H groups in total. The number of nitrogens with zero attached hydrogens (tertiary/aromatic N) is 3. The smallest absolute Gasteiger partial charge is 0.159 e. The molecule has 306 valence electrons. The Labute approximate surface area is 378 Å². The number of thiophene rings is 1. The second-order valence-corrected chi connectivity index (χ2v) is 18.5. The molecule has 14 rings (SSSR count). The van der Waals surface area contributed by atoms with E-state index in [1.807, 2.05) is 11.3 Å². The Bertz CT molecular complexity index is 4200. The third-order valence-corrected chi connectivity index (χ3v) is 15.1. The number of hydrogen-bond acceptors (Lipinski definition) is 4. The van der Waals surface area contributed by atoms with Crippen molar-refractivity contribution >= 4 is 119 Å². The summed E-state index contributed by atoms with van der Waals surface area (Å²) in [5, 5.41) is 14.1. The Morgan fingerprint density at radius 2 is 1.15 bits per heavy atom. The van der Waals surface area contributed by atoms with Crippen LogP contribution < -0.4 is 0 Å². The maximum absolute atomic E-state index is 7.23. The highest BCUT2D eigenvalue weighted by molar-refractivity contribution is 7.25. The molecular weight excluding hydrogens is 811 g/mol. The van der Waals surface area contributed by atoms with Crippen LogP contribution in [0.15, 0.2) is 209 Å². The van der Waals surface area contributed by atoms with E-state index in [2.05, 4.69) is 206 Å². The average molecular weight is 850 g/mol. The summed E-state index contributed by atoms with van der Waals surface area (Å²) in [5.74, 6) is 0.737. The van der Waals surface area contributed by atoms with Gasteiger partial charge in [-0.1, -0.05) is 153 Å². The number of para-hydroxylation sites is 1.